The van der Waals surface area contributed by atoms with Crippen LogP contribution >= 0.6 is 11.6 Å². The van der Waals surface area contributed by atoms with E-state index < -0.39 is 0 Å². The summed E-state index contributed by atoms with van der Waals surface area (Å²) in [5.41, 5.74) is 0. The van der Waals surface area contributed by atoms with Crippen molar-refractivity contribution in [1.29, 1.82) is 5.26 Å². The summed E-state index contributed by atoms with van der Waals surface area (Å²) in [5.74, 6) is 0.752. The molecule has 0 radical (unpaired) electrons. The number of nitriles is 1. The van der Waals surface area contributed by atoms with Crippen LogP contribution in [0, 0.1) is 11.3 Å². The van der Waals surface area contributed by atoms with Gasteiger partial charge in [-0.05, 0) is 0 Å². The van der Waals surface area contributed by atoms with Gasteiger partial charge in [-0.2, -0.15) is 5.26 Å². The van der Waals surface area contributed by atoms with E-state index in [-0.39, 0.29) is 5.76 Å². The standard InChI is InChI=1S/C7H7ClN2O/c1-10(2)7-6(8)3-5(4-9)11-7/h3H,1-2H3. The SMILES string of the molecule is CN(C)c1oc(C#N)cc1Cl. The maximum absolute atomic E-state index is 8.44. The molecule has 0 aliphatic carbocycles. The first kappa shape index (κ1) is 7.96. The van der Waals surface area contributed by atoms with Crippen LogP contribution in [0.15, 0.2) is 10.5 Å². The highest BCUT2D eigenvalue weighted by Gasteiger charge is 2.09. The van der Waals surface area contributed by atoms with Crippen molar-refractivity contribution in [2.75, 3.05) is 19.0 Å². The van der Waals surface area contributed by atoms with Crippen molar-refractivity contribution in [1.82, 2.24) is 0 Å². The molecule has 0 bridgehead atoms. The van der Waals surface area contributed by atoms with E-state index in [2.05, 4.69) is 0 Å². The summed E-state index contributed by atoms with van der Waals surface area (Å²) >= 11 is 5.73. The van der Waals surface area contributed by atoms with Gasteiger partial charge in [-0.3, -0.25) is 0 Å². The number of furan rings is 1. The molecule has 0 aliphatic rings. The molecule has 3 nitrogen and oxygen atoms in total. The van der Waals surface area contributed by atoms with Crippen molar-refractivity contribution < 1.29 is 4.42 Å². The molecule has 0 atom stereocenters. The zero-order valence-corrected chi connectivity index (χ0v) is 7.01. The Kier molecular flexibility index (Phi) is 2.06. The Morgan fingerprint density at radius 2 is 2.27 bits per heavy atom. The van der Waals surface area contributed by atoms with E-state index in [4.69, 9.17) is 21.3 Å². The zero-order valence-electron chi connectivity index (χ0n) is 6.26. The van der Waals surface area contributed by atoms with Crippen LogP contribution in [-0.2, 0) is 0 Å². The van der Waals surface area contributed by atoms with Gasteiger partial charge in [0, 0.05) is 20.2 Å². The Labute approximate surface area is 69.8 Å². The molecule has 0 unspecified atom stereocenters. The third-order valence-corrected chi connectivity index (χ3v) is 1.46. The van der Waals surface area contributed by atoms with Crippen LogP contribution in [0.25, 0.3) is 0 Å². The first-order valence-corrected chi connectivity index (χ1v) is 3.39. The summed E-state index contributed by atoms with van der Waals surface area (Å²) in [4.78, 5) is 1.71. The summed E-state index contributed by atoms with van der Waals surface area (Å²) in [6.45, 7) is 0. The minimum Gasteiger partial charge on any atom is -0.428 e. The highest BCUT2D eigenvalue weighted by molar-refractivity contribution is 6.33. The van der Waals surface area contributed by atoms with Gasteiger partial charge in [0.2, 0.25) is 11.6 Å². The van der Waals surface area contributed by atoms with Crippen molar-refractivity contribution in [2.45, 2.75) is 0 Å². The van der Waals surface area contributed by atoms with Crippen LogP contribution in [0.4, 0.5) is 5.88 Å². The monoisotopic (exact) mass is 170 g/mol. The Hall–Kier alpha value is -1.14. The van der Waals surface area contributed by atoms with Crippen LogP contribution in [0.3, 0.4) is 0 Å². The van der Waals surface area contributed by atoms with E-state index in [0.717, 1.165) is 0 Å². The molecule has 0 aromatic carbocycles. The Morgan fingerprint density at radius 1 is 1.64 bits per heavy atom. The second-order valence-electron chi connectivity index (χ2n) is 2.27. The first-order valence-electron chi connectivity index (χ1n) is 3.02. The fourth-order valence-corrected chi connectivity index (χ4v) is 1.03. The van der Waals surface area contributed by atoms with E-state index in [1.54, 1.807) is 19.0 Å². The van der Waals surface area contributed by atoms with Gasteiger partial charge in [0.1, 0.15) is 11.1 Å². The van der Waals surface area contributed by atoms with Gasteiger partial charge in [-0.1, -0.05) is 11.6 Å². The average Bonchev–Trinajstić information content (AvgIpc) is 2.30. The lowest BCUT2D eigenvalue weighted by atomic mass is 10.5. The van der Waals surface area contributed by atoms with Crippen LogP contribution in [-0.4, -0.2) is 14.1 Å². The average molecular weight is 171 g/mol. The third kappa shape index (κ3) is 1.47. The predicted molar refractivity (Wildman–Crippen MR) is 42.8 cm³/mol. The summed E-state index contributed by atoms with van der Waals surface area (Å²) in [6, 6.07) is 3.36. The zero-order chi connectivity index (χ0) is 8.43. The van der Waals surface area contributed by atoms with Crippen LogP contribution in [0.1, 0.15) is 5.76 Å². The van der Waals surface area contributed by atoms with Crippen molar-refractivity contribution in [3.8, 4) is 6.07 Å². The molecular weight excluding hydrogens is 164 g/mol. The molecule has 11 heavy (non-hydrogen) atoms. The van der Waals surface area contributed by atoms with E-state index in [1.165, 1.54) is 6.07 Å². The fraction of sp³-hybridized carbons (Fsp3) is 0.286. The molecule has 1 aromatic heterocycles. The predicted octanol–water partition coefficient (Wildman–Crippen LogP) is 1.87. The molecule has 0 aliphatic heterocycles. The highest BCUT2D eigenvalue weighted by atomic mass is 35.5. The molecule has 4 heteroatoms. The van der Waals surface area contributed by atoms with Crippen LogP contribution in [0.5, 0.6) is 0 Å². The Bertz CT molecular complexity index is 298. The number of hydrogen-bond acceptors (Lipinski definition) is 3. The summed E-state index contributed by atoms with van der Waals surface area (Å²) in [5, 5.41) is 8.90. The van der Waals surface area contributed by atoms with Crippen molar-refractivity contribution in [2.24, 2.45) is 0 Å². The molecule has 0 amide bonds. The first-order chi connectivity index (χ1) is 5.15. The molecular formula is C7H7ClN2O. The number of nitrogens with zero attached hydrogens (tertiary/aromatic N) is 2. The quantitative estimate of drug-likeness (QED) is 0.646. The molecule has 1 heterocycles. The molecule has 0 N–H and O–H groups in total. The van der Waals surface area contributed by atoms with Crippen molar-refractivity contribution >= 4 is 17.5 Å². The number of anilines is 1. The third-order valence-electron chi connectivity index (χ3n) is 1.19. The lowest BCUT2D eigenvalue weighted by Crippen LogP contribution is -2.07. The van der Waals surface area contributed by atoms with Gasteiger partial charge in [-0.25, -0.2) is 0 Å². The van der Waals surface area contributed by atoms with Gasteiger partial charge in [0.25, 0.3) is 0 Å². The number of halogens is 1. The van der Waals surface area contributed by atoms with Crippen molar-refractivity contribution in [3.05, 3.63) is 16.8 Å². The van der Waals surface area contributed by atoms with Gasteiger partial charge in [-0.15, -0.1) is 0 Å². The molecule has 0 saturated heterocycles. The van der Waals surface area contributed by atoms with Crippen LogP contribution in [0.2, 0.25) is 5.02 Å². The van der Waals surface area contributed by atoms with Gasteiger partial charge in [0.15, 0.2) is 0 Å². The van der Waals surface area contributed by atoms with Crippen molar-refractivity contribution in [3.63, 3.8) is 0 Å². The van der Waals surface area contributed by atoms with Gasteiger partial charge >= 0.3 is 0 Å². The molecule has 1 rings (SSSR count). The van der Waals surface area contributed by atoms with E-state index in [0.29, 0.717) is 10.9 Å². The smallest absolute Gasteiger partial charge is 0.215 e. The Morgan fingerprint density at radius 3 is 2.55 bits per heavy atom. The minimum absolute atomic E-state index is 0.235. The molecule has 58 valence electrons. The second-order valence-corrected chi connectivity index (χ2v) is 2.68. The molecule has 1 aromatic rings. The van der Waals surface area contributed by atoms with Gasteiger partial charge in [0.05, 0.1) is 0 Å². The van der Waals surface area contributed by atoms with E-state index in [1.807, 2.05) is 6.07 Å². The molecule has 0 fully saturated rings. The molecule has 0 spiro atoms. The fourth-order valence-electron chi connectivity index (χ4n) is 0.719. The maximum Gasteiger partial charge on any atom is 0.215 e. The molecule has 0 saturated carbocycles. The Balaban J connectivity index is 3.09. The lowest BCUT2D eigenvalue weighted by Gasteiger charge is -2.06. The highest BCUT2D eigenvalue weighted by Crippen LogP contribution is 2.27. The topological polar surface area (TPSA) is 40.2 Å². The minimum atomic E-state index is 0.235. The van der Waals surface area contributed by atoms with E-state index in [9.17, 15) is 0 Å². The largest absolute Gasteiger partial charge is 0.428 e. The van der Waals surface area contributed by atoms with E-state index >= 15 is 0 Å². The lowest BCUT2D eigenvalue weighted by molar-refractivity contribution is 0.551. The summed E-state index contributed by atoms with van der Waals surface area (Å²) in [6.07, 6.45) is 0. The second kappa shape index (κ2) is 2.85. The normalized spacial score (nSPS) is 9.27. The number of hydrogen-bond donors (Lipinski definition) is 0. The summed E-state index contributed by atoms with van der Waals surface area (Å²) < 4.78 is 5.06. The number of rotatable bonds is 1. The van der Waals surface area contributed by atoms with Crippen LogP contribution < -0.4 is 4.90 Å². The maximum atomic E-state index is 8.44. The van der Waals surface area contributed by atoms with Gasteiger partial charge < -0.3 is 9.32 Å². The summed E-state index contributed by atoms with van der Waals surface area (Å²) in [7, 11) is 3.59.